The highest BCUT2D eigenvalue weighted by atomic mass is 16.6. The molecule has 2 bridgehead atoms. The third-order valence-electron chi connectivity index (χ3n) is 2.93. The zero-order valence-corrected chi connectivity index (χ0v) is 7.41. The van der Waals surface area contributed by atoms with Crippen LogP contribution in [0.25, 0.3) is 0 Å². The van der Waals surface area contributed by atoms with Crippen LogP contribution in [-0.4, -0.2) is 49.2 Å². The van der Waals surface area contributed by atoms with E-state index in [-0.39, 0.29) is 24.9 Å². The molecule has 0 saturated carbocycles. The van der Waals surface area contributed by atoms with Crippen molar-refractivity contribution in [3.05, 3.63) is 0 Å². The lowest BCUT2D eigenvalue weighted by molar-refractivity contribution is -0.111. The molecule has 4 nitrogen and oxygen atoms in total. The summed E-state index contributed by atoms with van der Waals surface area (Å²) < 4.78 is 11.0. The molecule has 2 saturated heterocycles. The molecule has 2 N–H and O–H groups in total. The lowest BCUT2D eigenvalue weighted by atomic mass is 10.00. The molecular formula is C8H15NO3. The summed E-state index contributed by atoms with van der Waals surface area (Å²) in [6.45, 7) is 2.72. The van der Waals surface area contributed by atoms with Crippen molar-refractivity contribution in [3.63, 3.8) is 0 Å². The van der Waals surface area contributed by atoms with Gasteiger partial charge >= 0.3 is 0 Å². The number of aliphatic hydroxyl groups is 1. The Balaban J connectivity index is 2.23. The maximum Gasteiger partial charge on any atom is 0.131 e. The van der Waals surface area contributed by atoms with E-state index in [9.17, 15) is 5.11 Å². The van der Waals surface area contributed by atoms with Gasteiger partial charge in [0, 0.05) is 13.7 Å². The largest absolute Gasteiger partial charge is 0.393 e. The fourth-order valence-corrected chi connectivity index (χ4v) is 2.33. The number of ether oxygens (including phenoxy) is 2. The monoisotopic (exact) mass is 173 g/mol. The molecular weight excluding hydrogens is 158 g/mol. The number of hydrogen-bond donors (Lipinski definition) is 2. The summed E-state index contributed by atoms with van der Waals surface area (Å²) in [5.74, 6) is 0. The van der Waals surface area contributed by atoms with E-state index in [0.29, 0.717) is 6.54 Å². The molecule has 4 heteroatoms. The first-order valence-electron chi connectivity index (χ1n) is 4.28. The number of methoxy groups -OCH3 is 1. The number of rotatable bonds is 2. The zero-order valence-electron chi connectivity index (χ0n) is 7.41. The molecule has 12 heavy (non-hydrogen) atoms. The minimum absolute atomic E-state index is 0.00231. The van der Waals surface area contributed by atoms with Crippen molar-refractivity contribution in [1.82, 2.24) is 5.32 Å². The van der Waals surface area contributed by atoms with E-state index in [1.807, 2.05) is 6.92 Å². The second kappa shape index (κ2) is 2.67. The van der Waals surface area contributed by atoms with Gasteiger partial charge in [0.1, 0.15) is 11.7 Å². The third kappa shape index (κ3) is 0.864. The van der Waals surface area contributed by atoms with E-state index in [2.05, 4.69) is 5.32 Å². The maximum absolute atomic E-state index is 9.22. The molecule has 0 amide bonds. The second-order valence-electron chi connectivity index (χ2n) is 3.61. The third-order valence-corrected chi connectivity index (χ3v) is 2.93. The van der Waals surface area contributed by atoms with Gasteiger partial charge in [-0.15, -0.1) is 0 Å². The van der Waals surface area contributed by atoms with Crippen LogP contribution in [0.3, 0.4) is 0 Å². The predicted molar refractivity (Wildman–Crippen MR) is 43.0 cm³/mol. The molecule has 2 aliphatic heterocycles. The summed E-state index contributed by atoms with van der Waals surface area (Å²) >= 11 is 0. The highest BCUT2D eigenvalue weighted by Crippen LogP contribution is 2.37. The average Bonchev–Trinajstić information content (AvgIpc) is 2.56. The van der Waals surface area contributed by atoms with Gasteiger partial charge in [0.05, 0.1) is 18.8 Å². The minimum atomic E-state index is -0.487. The highest BCUT2D eigenvalue weighted by Gasteiger charge is 2.58. The van der Waals surface area contributed by atoms with Gasteiger partial charge in [-0.1, -0.05) is 0 Å². The quantitative estimate of drug-likeness (QED) is 0.569. The van der Waals surface area contributed by atoms with Crippen LogP contribution in [-0.2, 0) is 9.47 Å². The summed E-state index contributed by atoms with van der Waals surface area (Å²) in [6, 6.07) is 0.238. The average molecular weight is 173 g/mol. The molecule has 0 aromatic carbocycles. The smallest absolute Gasteiger partial charge is 0.131 e. The molecule has 1 unspecified atom stereocenters. The summed E-state index contributed by atoms with van der Waals surface area (Å²) in [5, 5.41) is 12.5. The van der Waals surface area contributed by atoms with Crippen molar-refractivity contribution in [3.8, 4) is 0 Å². The summed E-state index contributed by atoms with van der Waals surface area (Å²) in [4.78, 5) is 0. The van der Waals surface area contributed by atoms with Crippen LogP contribution < -0.4 is 5.32 Å². The number of nitrogens with one attached hydrogen (secondary N) is 1. The highest BCUT2D eigenvalue weighted by molar-refractivity contribution is 5.12. The fourth-order valence-electron chi connectivity index (χ4n) is 2.33. The molecule has 0 spiro atoms. The Morgan fingerprint density at radius 2 is 2.50 bits per heavy atom. The van der Waals surface area contributed by atoms with Crippen molar-refractivity contribution in [2.24, 2.45) is 0 Å². The van der Waals surface area contributed by atoms with Crippen LogP contribution in [0.2, 0.25) is 0 Å². The van der Waals surface area contributed by atoms with Crippen molar-refractivity contribution in [1.29, 1.82) is 0 Å². The van der Waals surface area contributed by atoms with Gasteiger partial charge in [-0.3, -0.25) is 0 Å². The molecule has 70 valence electrons. The van der Waals surface area contributed by atoms with Gasteiger partial charge in [0.2, 0.25) is 0 Å². The van der Waals surface area contributed by atoms with Crippen LogP contribution in [0.15, 0.2) is 0 Å². The van der Waals surface area contributed by atoms with E-state index in [1.165, 1.54) is 0 Å². The Kier molecular flexibility index (Phi) is 1.88. The van der Waals surface area contributed by atoms with Crippen LogP contribution in [0.5, 0.6) is 0 Å². The normalized spacial score (nSPS) is 51.8. The SMILES string of the molecule is CO[C@H]1C2NC[C@@]1(CO)O[C@H]2C. The van der Waals surface area contributed by atoms with Gasteiger partial charge in [-0.2, -0.15) is 0 Å². The van der Waals surface area contributed by atoms with Gasteiger partial charge in [0.25, 0.3) is 0 Å². The first-order chi connectivity index (χ1) is 5.73. The van der Waals surface area contributed by atoms with Gasteiger partial charge in [-0.25, -0.2) is 0 Å². The lowest BCUT2D eigenvalue weighted by Crippen LogP contribution is -2.47. The Labute approximate surface area is 71.9 Å². The predicted octanol–water partition coefficient (Wildman–Crippen LogP) is -0.877. The van der Waals surface area contributed by atoms with E-state index < -0.39 is 5.60 Å². The van der Waals surface area contributed by atoms with E-state index >= 15 is 0 Å². The molecule has 2 rings (SSSR count). The molecule has 0 radical (unpaired) electrons. The standard InChI is InChI=1S/C8H15NO3/c1-5-6-7(11-2)8(4-10,12-5)3-9-6/h5-7,9-10H,3-4H2,1-2H3/t5-,6?,7-,8-/m0/s1. The minimum Gasteiger partial charge on any atom is -0.393 e. The topological polar surface area (TPSA) is 50.7 Å². The molecule has 0 aromatic heterocycles. The molecule has 2 fully saturated rings. The van der Waals surface area contributed by atoms with Crippen LogP contribution in [0.4, 0.5) is 0 Å². The molecule has 2 heterocycles. The fraction of sp³-hybridized carbons (Fsp3) is 1.00. The van der Waals surface area contributed by atoms with Gasteiger partial charge in [-0.05, 0) is 6.92 Å². The van der Waals surface area contributed by atoms with Gasteiger partial charge < -0.3 is 19.9 Å². The molecule has 4 atom stereocenters. The van der Waals surface area contributed by atoms with Crippen molar-refractivity contribution >= 4 is 0 Å². The Bertz CT molecular complexity index is 187. The maximum atomic E-state index is 9.22. The van der Waals surface area contributed by atoms with E-state index in [1.54, 1.807) is 7.11 Å². The summed E-state index contributed by atoms with van der Waals surface area (Å²) in [7, 11) is 1.66. The van der Waals surface area contributed by atoms with Crippen LogP contribution >= 0.6 is 0 Å². The Morgan fingerprint density at radius 1 is 1.75 bits per heavy atom. The summed E-state index contributed by atoms with van der Waals surface area (Å²) in [6.07, 6.45) is 0.133. The van der Waals surface area contributed by atoms with E-state index in [4.69, 9.17) is 9.47 Å². The van der Waals surface area contributed by atoms with Crippen molar-refractivity contribution < 1.29 is 14.6 Å². The zero-order chi connectivity index (χ0) is 8.77. The lowest BCUT2D eigenvalue weighted by Gasteiger charge is -2.28. The second-order valence-corrected chi connectivity index (χ2v) is 3.61. The number of hydrogen-bond acceptors (Lipinski definition) is 4. The number of morpholine rings is 1. The van der Waals surface area contributed by atoms with E-state index in [0.717, 1.165) is 0 Å². The number of fused-ring (bicyclic) bond motifs is 2. The first-order valence-corrected chi connectivity index (χ1v) is 4.28. The van der Waals surface area contributed by atoms with Crippen molar-refractivity contribution in [2.75, 3.05) is 20.3 Å². The van der Waals surface area contributed by atoms with Crippen molar-refractivity contribution in [2.45, 2.75) is 30.8 Å². The molecule has 0 aliphatic carbocycles. The first kappa shape index (κ1) is 8.44. The Hall–Kier alpha value is -0.160. The molecule has 2 aliphatic rings. The Morgan fingerprint density at radius 3 is 2.92 bits per heavy atom. The number of aliphatic hydroxyl groups excluding tert-OH is 1. The van der Waals surface area contributed by atoms with Crippen LogP contribution in [0, 0.1) is 0 Å². The van der Waals surface area contributed by atoms with Gasteiger partial charge in [0.15, 0.2) is 0 Å². The molecule has 0 aromatic rings. The van der Waals surface area contributed by atoms with Crippen LogP contribution in [0.1, 0.15) is 6.92 Å². The summed E-state index contributed by atoms with van der Waals surface area (Å²) in [5.41, 5.74) is -0.487.